The van der Waals surface area contributed by atoms with E-state index in [0.717, 1.165) is 24.2 Å². The standard InChI is InChI=1S/C16H21N5O2/c17-16(23)21-9-3-4-12(10-21)15(22)18-7-6-13-11-20-8-2-1-5-14(20)19-13/h1-2,5,8,11-12H,3-4,6-7,9-10H2,(H2,17,23)(H,18,22)/t12-/m1/s1. The number of fused-ring (bicyclic) bond motifs is 1. The second-order valence-corrected chi connectivity index (χ2v) is 5.86. The summed E-state index contributed by atoms with van der Waals surface area (Å²) < 4.78 is 1.96. The number of hydrogen-bond donors (Lipinski definition) is 2. The molecule has 0 unspecified atom stereocenters. The summed E-state index contributed by atoms with van der Waals surface area (Å²) in [6, 6.07) is 5.39. The topological polar surface area (TPSA) is 92.7 Å². The Morgan fingerprint density at radius 1 is 1.39 bits per heavy atom. The van der Waals surface area contributed by atoms with Crippen LogP contribution >= 0.6 is 0 Å². The summed E-state index contributed by atoms with van der Waals surface area (Å²) in [4.78, 5) is 29.5. The fraction of sp³-hybridized carbons (Fsp3) is 0.438. The first kappa shape index (κ1) is 15.3. The number of pyridine rings is 1. The first-order chi connectivity index (χ1) is 11.1. The van der Waals surface area contributed by atoms with E-state index >= 15 is 0 Å². The Labute approximate surface area is 134 Å². The molecule has 23 heavy (non-hydrogen) atoms. The van der Waals surface area contributed by atoms with Crippen molar-refractivity contribution in [2.45, 2.75) is 19.3 Å². The number of urea groups is 1. The smallest absolute Gasteiger partial charge is 0.314 e. The van der Waals surface area contributed by atoms with Crippen LogP contribution in [0.25, 0.3) is 5.65 Å². The molecule has 2 aromatic heterocycles. The number of nitrogens with one attached hydrogen (secondary N) is 1. The van der Waals surface area contributed by atoms with Crippen molar-refractivity contribution in [3.8, 4) is 0 Å². The lowest BCUT2D eigenvalue weighted by molar-refractivity contribution is -0.126. The van der Waals surface area contributed by atoms with Gasteiger partial charge in [0, 0.05) is 38.4 Å². The molecule has 1 aliphatic heterocycles. The van der Waals surface area contributed by atoms with Crippen LogP contribution < -0.4 is 11.1 Å². The van der Waals surface area contributed by atoms with Crippen molar-refractivity contribution in [1.29, 1.82) is 0 Å². The van der Waals surface area contributed by atoms with E-state index in [9.17, 15) is 9.59 Å². The van der Waals surface area contributed by atoms with Crippen LogP contribution in [0.4, 0.5) is 4.79 Å². The molecule has 0 aliphatic carbocycles. The van der Waals surface area contributed by atoms with Crippen LogP contribution in [0.5, 0.6) is 0 Å². The van der Waals surface area contributed by atoms with Crippen LogP contribution in [-0.2, 0) is 11.2 Å². The summed E-state index contributed by atoms with van der Waals surface area (Å²) in [5.41, 5.74) is 7.13. The maximum atomic E-state index is 12.2. The van der Waals surface area contributed by atoms with Crippen molar-refractivity contribution >= 4 is 17.6 Å². The summed E-state index contributed by atoms with van der Waals surface area (Å²) in [5.74, 6) is -0.183. The molecule has 122 valence electrons. The second kappa shape index (κ2) is 6.68. The molecule has 3 rings (SSSR count). The number of nitrogens with zero attached hydrogens (tertiary/aromatic N) is 3. The number of nitrogens with two attached hydrogens (primary N) is 1. The predicted molar refractivity (Wildman–Crippen MR) is 85.8 cm³/mol. The van der Waals surface area contributed by atoms with Gasteiger partial charge in [0.15, 0.2) is 0 Å². The first-order valence-corrected chi connectivity index (χ1v) is 7.88. The fourth-order valence-electron chi connectivity index (χ4n) is 2.96. The number of likely N-dealkylation sites (tertiary alicyclic amines) is 1. The predicted octanol–water partition coefficient (Wildman–Crippen LogP) is 0.784. The number of piperidine rings is 1. The van der Waals surface area contributed by atoms with E-state index in [4.69, 9.17) is 5.73 Å². The molecule has 0 bridgehead atoms. The summed E-state index contributed by atoms with van der Waals surface area (Å²) in [5, 5.41) is 2.94. The largest absolute Gasteiger partial charge is 0.355 e. The maximum absolute atomic E-state index is 12.2. The van der Waals surface area contributed by atoms with Gasteiger partial charge in [0.1, 0.15) is 5.65 Å². The molecule has 1 atom stereocenters. The highest BCUT2D eigenvalue weighted by Crippen LogP contribution is 2.16. The van der Waals surface area contributed by atoms with Crippen molar-refractivity contribution in [2.24, 2.45) is 11.7 Å². The van der Waals surface area contributed by atoms with Gasteiger partial charge >= 0.3 is 6.03 Å². The average molecular weight is 315 g/mol. The molecule has 3 amide bonds. The highest BCUT2D eigenvalue weighted by molar-refractivity contribution is 5.80. The van der Waals surface area contributed by atoms with Crippen molar-refractivity contribution in [1.82, 2.24) is 19.6 Å². The third-order valence-electron chi connectivity index (χ3n) is 4.20. The number of rotatable bonds is 4. The van der Waals surface area contributed by atoms with Crippen molar-refractivity contribution in [3.63, 3.8) is 0 Å². The Hall–Kier alpha value is -2.57. The lowest BCUT2D eigenvalue weighted by Gasteiger charge is -2.30. The Morgan fingerprint density at radius 3 is 3.04 bits per heavy atom. The van der Waals surface area contributed by atoms with Crippen LogP contribution in [0.15, 0.2) is 30.6 Å². The number of hydrogen-bond acceptors (Lipinski definition) is 3. The number of imidazole rings is 1. The van der Waals surface area contributed by atoms with Gasteiger partial charge in [-0.25, -0.2) is 9.78 Å². The Bertz CT molecular complexity index is 678. The van der Waals surface area contributed by atoms with E-state index in [0.29, 0.717) is 26.1 Å². The molecule has 0 radical (unpaired) electrons. The summed E-state index contributed by atoms with van der Waals surface area (Å²) in [6.45, 7) is 1.59. The van der Waals surface area contributed by atoms with E-state index in [-0.39, 0.29) is 11.8 Å². The minimum atomic E-state index is -0.452. The van der Waals surface area contributed by atoms with Gasteiger partial charge in [-0.1, -0.05) is 6.07 Å². The molecular formula is C16H21N5O2. The Balaban J connectivity index is 1.50. The number of primary amides is 1. The fourth-order valence-corrected chi connectivity index (χ4v) is 2.96. The third-order valence-corrected chi connectivity index (χ3v) is 4.20. The van der Waals surface area contributed by atoms with Gasteiger partial charge in [-0.05, 0) is 25.0 Å². The molecule has 7 heteroatoms. The molecule has 1 fully saturated rings. The molecule has 2 aromatic rings. The SMILES string of the molecule is NC(=O)N1CCC[C@@H](C(=O)NCCc2cn3ccccc3n2)C1. The third kappa shape index (κ3) is 3.61. The summed E-state index contributed by atoms with van der Waals surface area (Å²) in [6.07, 6.45) is 6.21. The molecule has 0 aromatic carbocycles. The van der Waals surface area contributed by atoms with Crippen LogP contribution in [0.3, 0.4) is 0 Å². The number of aromatic nitrogens is 2. The molecule has 0 saturated carbocycles. The van der Waals surface area contributed by atoms with E-state index in [1.807, 2.05) is 35.0 Å². The van der Waals surface area contributed by atoms with E-state index in [1.54, 1.807) is 0 Å². The maximum Gasteiger partial charge on any atom is 0.314 e. The molecule has 1 saturated heterocycles. The molecule has 3 N–H and O–H groups in total. The van der Waals surface area contributed by atoms with E-state index in [2.05, 4.69) is 10.3 Å². The quantitative estimate of drug-likeness (QED) is 0.873. The molecule has 7 nitrogen and oxygen atoms in total. The van der Waals surface area contributed by atoms with Crippen LogP contribution in [0, 0.1) is 5.92 Å². The minimum Gasteiger partial charge on any atom is -0.355 e. The molecule has 3 heterocycles. The Morgan fingerprint density at radius 2 is 2.26 bits per heavy atom. The van der Waals surface area contributed by atoms with E-state index in [1.165, 1.54) is 4.90 Å². The van der Waals surface area contributed by atoms with Gasteiger partial charge < -0.3 is 20.4 Å². The zero-order valence-corrected chi connectivity index (χ0v) is 12.9. The summed E-state index contributed by atoms with van der Waals surface area (Å²) >= 11 is 0. The average Bonchev–Trinajstić information content (AvgIpc) is 2.97. The zero-order valence-electron chi connectivity index (χ0n) is 12.9. The van der Waals surface area contributed by atoms with Crippen molar-refractivity contribution in [3.05, 3.63) is 36.3 Å². The van der Waals surface area contributed by atoms with Gasteiger partial charge in [-0.3, -0.25) is 4.79 Å². The number of amides is 3. The van der Waals surface area contributed by atoms with Crippen LogP contribution in [0.1, 0.15) is 18.5 Å². The van der Waals surface area contributed by atoms with E-state index < -0.39 is 6.03 Å². The van der Waals surface area contributed by atoms with Gasteiger partial charge in [0.05, 0.1) is 11.6 Å². The Kier molecular flexibility index (Phi) is 4.45. The monoisotopic (exact) mass is 315 g/mol. The van der Waals surface area contributed by atoms with Crippen LogP contribution in [-0.4, -0.2) is 45.9 Å². The lowest BCUT2D eigenvalue weighted by Crippen LogP contribution is -2.47. The minimum absolute atomic E-state index is 0.0142. The second-order valence-electron chi connectivity index (χ2n) is 5.86. The normalized spacial score (nSPS) is 18.1. The zero-order chi connectivity index (χ0) is 16.2. The van der Waals surface area contributed by atoms with Gasteiger partial charge in [-0.15, -0.1) is 0 Å². The van der Waals surface area contributed by atoms with Crippen molar-refractivity contribution < 1.29 is 9.59 Å². The molecular weight excluding hydrogens is 294 g/mol. The molecule has 1 aliphatic rings. The van der Waals surface area contributed by atoms with Gasteiger partial charge in [0.25, 0.3) is 0 Å². The highest BCUT2D eigenvalue weighted by atomic mass is 16.2. The first-order valence-electron chi connectivity index (χ1n) is 7.88. The summed E-state index contributed by atoms with van der Waals surface area (Å²) in [7, 11) is 0. The number of carbonyl (C=O) groups excluding carboxylic acids is 2. The van der Waals surface area contributed by atoms with Gasteiger partial charge in [-0.2, -0.15) is 0 Å². The van der Waals surface area contributed by atoms with Crippen LogP contribution in [0.2, 0.25) is 0 Å². The lowest BCUT2D eigenvalue weighted by atomic mass is 9.97. The van der Waals surface area contributed by atoms with Crippen molar-refractivity contribution in [2.75, 3.05) is 19.6 Å². The number of carbonyl (C=O) groups is 2. The van der Waals surface area contributed by atoms with Gasteiger partial charge in [0.2, 0.25) is 5.91 Å². The molecule has 0 spiro atoms. The highest BCUT2D eigenvalue weighted by Gasteiger charge is 2.27.